The van der Waals surface area contributed by atoms with Crippen molar-refractivity contribution < 1.29 is 18.6 Å². The molecule has 0 radical (unpaired) electrons. The lowest BCUT2D eigenvalue weighted by Crippen LogP contribution is -2.30. The summed E-state index contributed by atoms with van der Waals surface area (Å²) in [6.45, 7) is 5.85. The summed E-state index contributed by atoms with van der Waals surface area (Å²) in [6, 6.07) is 7.17. The molecule has 0 unspecified atom stereocenters. The average molecular weight is 412 g/mol. The fraction of sp³-hybridized carbons (Fsp3) is 0.400. The van der Waals surface area contributed by atoms with Crippen LogP contribution < -0.4 is 10.2 Å². The average Bonchev–Trinajstić information content (AvgIpc) is 3.33. The fourth-order valence-corrected chi connectivity index (χ4v) is 2.93. The lowest BCUT2D eigenvalue weighted by Gasteiger charge is -2.21. The summed E-state index contributed by atoms with van der Waals surface area (Å²) in [6.07, 6.45) is 1.20. The van der Waals surface area contributed by atoms with Gasteiger partial charge in [-0.05, 0) is 39.0 Å². The lowest BCUT2D eigenvalue weighted by atomic mass is 10.2. The van der Waals surface area contributed by atoms with E-state index >= 15 is 0 Å². The van der Waals surface area contributed by atoms with Gasteiger partial charge in [0.25, 0.3) is 0 Å². The monoisotopic (exact) mass is 412 g/mol. The Morgan fingerprint density at radius 3 is 2.20 bits per heavy atom. The van der Waals surface area contributed by atoms with Gasteiger partial charge in [0.2, 0.25) is 23.6 Å². The van der Waals surface area contributed by atoms with E-state index in [0.29, 0.717) is 54.2 Å². The number of nitrogens with one attached hydrogen (secondary N) is 1. The van der Waals surface area contributed by atoms with Gasteiger partial charge in [0, 0.05) is 43.6 Å². The molecule has 10 nitrogen and oxygen atoms in total. The summed E-state index contributed by atoms with van der Waals surface area (Å²) in [4.78, 5) is 34.8. The largest absolute Gasteiger partial charge is 0.339 e. The minimum atomic E-state index is -0.177. The standard InChI is InChI=1S/C20H24N6O4/c1-4-26(20(28)11-10-19-22-14(3)25-30-19)16-7-5-6-15(12-16)23-17(27)8-9-18-21-13(2)24-29-18/h5-7,12H,4,8-11H2,1-3H3,(H,23,27). The van der Waals surface area contributed by atoms with Gasteiger partial charge in [-0.1, -0.05) is 16.4 Å². The molecule has 0 bridgehead atoms. The number of hydrogen-bond acceptors (Lipinski definition) is 8. The van der Waals surface area contributed by atoms with E-state index in [4.69, 9.17) is 9.05 Å². The molecular formula is C20H24N6O4. The third-order valence-electron chi connectivity index (χ3n) is 4.32. The van der Waals surface area contributed by atoms with Gasteiger partial charge in [0.1, 0.15) is 0 Å². The van der Waals surface area contributed by atoms with Crippen LogP contribution in [-0.2, 0) is 22.4 Å². The summed E-state index contributed by atoms with van der Waals surface area (Å²) in [5.41, 5.74) is 1.31. The Balaban J connectivity index is 1.57. The van der Waals surface area contributed by atoms with Crippen molar-refractivity contribution in [2.45, 2.75) is 46.5 Å². The number of benzene rings is 1. The number of aromatic nitrogens is 4. The summed E-state index contributed by atoms with van der Waals surface area (Å²) in [5, 5.41) is 10.3. The molecule has 0 aliphatic carbocycles. The van der Waals surface area contributed by atoms with Crippen molar-refractivity contribution >= 4 is 23.2 Å². The predicted molar refractivity (Wildman–Crippen MR) is 108 cm³/mol. The van der Waals surface area contributed by atoms with Gasteiger partial charge >= 0.3 is 0 Å². The molecule has 0 atom stereocenters. The maximum absolute atomic E-state index is 12.7. The van der Waals surface area contributed by atoms with Gasteiger partial charge in [-0.25, -0.2) is 0 Å². The van der Waals surface area contributed by atoms with Gasteiger partial charge in [0.05, 0.1) is 0 Å². The molecule has 0 fully saturated rings. The Kier molecular flexibility index (Phi) is 6.89. The van der Waals surface area contributed by atoms with Crippen LogP contribution in [0.4, 0.5) is 11.4 Å². The molecule has 0 aliphatic heterocycles. The quantitative estimate of drug-likeness (QED) is 0.568. The van der Waals surface area contributed by atoms with Crippen LogP contribution in [0.5, 0.6) is 0 Å². The predicted octanol–water partition coefficient (Wildman–Crippen LogP) is 2.63. The number of anilines is 2. The van der Waals surface area contributed by atoms with Gasteiger partial charge in [-0.2, -0.15) is 9.97 Å². The van der Waals surface area contributed by atoms with Gasteiger partial charge in [0.15, 0.2) is 11.6 Å². The molecule has 2 aromatic heterocycles. The molecule has 1 aromatic carbocycles. The van der Waals surface area contributed by atoms with E-state index in [9.17, 15) is 9.59 Å². The molecule has 3 aromatic rings. The Morgan fingerprint density at radius 2 is 1.63 bits per heavy atom. The zero-order chi connectivity index (χ0) is 21.5. The minimum Gasteiger partial charge on any atom is -0.339 e. The van der Waals surface area contributed by atoms with Crippen LogP contribution in [0.25, 0.3) is 0 Å². The molecule has 0 spiro atoms. The molecular weight excluding hydrogens is 388 g/mol. The highest BCUT2D eigenvalue weighted by atomic mass is 16.5. The summed E-state index contributed by atoms with van der Waals surface area (Å²) >= 11 is 0. The number of carbonyl (C=O) groups is 2. The first-order valence-electron chi connectivity index (χ1n) is 9.73. The zero-order valence-electron chi connectivity index (χ0n) is 17.2. The molecule has 30 heavy (non-hydrogen) atoms. The normalized spacial score (nSPS) is 10.8. The summed E-state index contributed by atoms with van der Waals surface area (Å²) < 4.78 is 10.1. The van der Waals surface area contributed by atoms with Crippen molar-refractivity contribution in [3.8, 4) is 0 Å². The summed E-state index contributed by atoms with van der Waals surface area (Å²) in [5.74, 6) is 1.71. The SMILES string of the molecule is CCN(C(=O)CCc1nc(C)no1)c1cccc(NC(=O)CCc2nc(C)no2)c1. The van der Waals surface area contributed by atoms with E-state index in [1.54, 1.807) is 36.9 Å². The fourth-order valence-electron chi connectivity index (χ4n) is 2.93. The van der Waals surface area contributed by atoms with Crippen molar-refractivity contribution in [1.29, 1.82) is 0 Å². The first kappa shape index (κ1) is 21.2. The van der Waals surface area contributed by atoms with E-state index in [2.05, 4.69) is 25.6 Å². The highest BCUT2D eigenvalue weighted by molar-refractivity contribution is 5.95. The van der Waals surface area contributed by atoms with Crippen LogP contribution in [0.3, 0.4) is 0 Å². The van der Waals surface area contributed by atoms with Gasteiger partial charge in [-0.3, -0.25) is 9.59 Å². The van der Waals surface area contributed by atoms with Crippen molar-refractivity contribution in [3.63, 3.8) is 0 Å². The van der Waals surface area contributed by atoms with Crippen LogP contribution in [0.2, 0.25) is 0 Å². The molecule has 2 amide bonds. The number of hydrogen-bond donors (Lipinski definition) is 1. The third kappa shape index (κ3) is 5.72. The van der Waals surface area contributed by atoms with Gasteiger partial charge < -0.3 is 19.3 Å². The van der Waals surface area contributed by atoms with E-state index in [-0.39, 0.29) is 24.7 Å². The molecule has 0 saturated carbocycles. The van der Waals surface area contributed by atoms with E-state index in [0.717, 1.165) is 0 Å². The molecule has 1 N–H and O–H groups in total. The second-order valence-corrected chi connectivity index (χ2v) is 6.71. The highest BCUT2D eigenvalue weighted by Crippen LogP contribution is 2.21. The molecule has 2 heterocycles. The first-order chi connectivity index (χ1) is 14.4. The highest BCUT2D eigenvalue weighted by Gasteiger charge is 2.16. The van der Waals surface area contributed by atoms with Crippen LogP contribution in [0.1, 0.15) is 43.2 Å². The van der Waals surface area contributed by atoms with Crippen LogP contribution in [0, 0.1) is 13.8 Å². The molecule has 158 valence electrons. The first-order valence-corrected chi connectivity index (χ1v) is 9.73. The Labute approximate surface area is 173 Å². The number of amides is 2. The van der Waals surface area contributed by atoms with Crippen molar-refractivity contribution in [3.05, 3.63) is 47.7 Å². The smallest absolute Gasteiger partial charge is 0.227 e. The topological polar surface area (TPSA) is 127 Å². The second-order valence-electron chi connectivity index (χ2n) is 6.71. The Hall–Kier alpha value is -3.56. The Bertz CT molecular complexity index is 1010. The van der Waals surface area contributed by atoms with Crippen molar-refractivity contribution in [1.82, 2.24) is 20.3 Å². The van der Waals surface area contributed by atoms with Crippen LogP contribution in [-0.4, -0.2) is 38.6 Å². The van der Waals surface area contributed by atoms with E-state index < -0.39 is 0 Å². The van der Waals surface area contributed by atoms with Crippen LogP contribution in [0.15, 0.2) is 33.3 Å². The maximum atomic E-state index is 12.7. The van der Waals surface area contributed by atoms with Crippen molar-refractivity contribution in [2.75, 3.05) is 16.8 Å². The lowest BCUT2D eigenvalue weighted by molar-refractivity contribution is -0.118. The molecule has 0 saturated heterocycles. The minimum absolute atomic E-state index is 0.0661. The number of carbonyl (C=O) groups excluding carboxylic acids is 2. The van der Waals surface area contributed by atoms with E-state index in [1.807, 2.05) is 13.0 Å². The molecule has 3 rings (SSSR count). The van der Waals surface area contributed by atoms with Gasteiger partial charge in [-0.15, -0.1) is 0 Å². The van der Waals surface area contributed by atoms with E-state index in [1.165, 1.54) is 0 Å². The number of rotatable bonds is 9. The molecule has 0 aliphatic rings. The van der Waals surface area contributed by atoms with Crippen LogP contribution >= 0.6 is 0 Å². The zero-order valence-corrected chi connectivity index (χ0v) is 17.2. The Morgan fingerprint density at radius 1 is 1.00 bits per heavy atom. The second kappa shape index (κ2) is 9.77. The number of aryl methyl sites for hydroxylation is 4. The maximum Gasteiger partial charge on any atom is 0.227 e. The number of nitrogens with zero attached hydrogens (tertiary/aromatic N) is 5. The summed E-state index contributed by atoms with van der Waals surface area (Å²) in [7, 11) is 0. The third-order valence-corrected chi connectivity index (χ3v) is 4.32. The molecule has 10 heteroatoms. The van der Waals surface area contributed by atoms with Crippen molar-refractivity contribution in [2.24, 2.45) is 0 Å².